The Morgan fingerprint density at radius 1 is 1.44 bits per heavy atom. The van der Waals surface area contributed by atoms with E-state index in [4.69, 9.17) is 4.74 Å². The summed E-state index contributed by atoms with van der Waals surface area (Å²) in [7, 11) is 1.65. The number of ether oxygens (including phenoxy) is 1. The van der Waals surface area contributed by atoms with Crippen molar-refractivity contribution in [3.05, 3.63) is 30.6 Å². The minimum atomic E-state index is -0.00532. The average molecular weight is 247 g/mol. The van der Waals surface area contributed by atoms with Crippen LogP contribution in [-0.2, 0) is 16.1 Å². The van der Waals surface area contributed by atoms with Gasteiger partial charge in [-0.25, -0.2) is 4.98 Å². The zero-order chi connectivity index (χ0) is 12.8. The second kappa shape index (κ2) is 6.16. The number of rotatable bonds is 6. The molecule has 0 saturated heterocycles. The van der Waals surface area contributed by atoms with Gasteiger partial charge in [0.15, 0.2) is 0 Å². The molecule has 0 aliphatic heterocycles. The van der Waals surface area contributed by atoms with Gasteiger partial charge in [-0.3, -0.25) is 4.79 Å². The minimum Gasteiger partial charge on any atom is -0.385 e. The van der Waals surface area contributed by atoms with Gasteiger partial charge in [0.25, 0.3) is 0 Å². The first-order valence-electron chi connectivity index (χ1n) is 5.97. The smallest absolute Gasteiger partial charge is 0.239 e. The number of carbonyl (C=O) groups is 1. The van der Waals surface area contributed by atoms with Gasteiger partial charge in [-0.15, -0.1) is 0 Å². The molecule has 0 aliphatic rings. The number of methoxy groups -OCH3 is 1. The molecule has 0 spiro atoms. The van der Waals surface area contributed by atoms with Gasteiger partial charge in [0, 0.05) is 20.3 Å². The molecular weight excluding hydrogens is 230 g/mol. The highest BCUT2D eigenvalue weighted by Gasteiger charge is 2.05. The molecule has 1 N–H and O–H groups in total. The van der Waals surface area contributed by atoms with Crippen LogP contribution in [0.25, 0.3) is 11.0 Å². The summed E-state index contributed by atoms with van der Waals surface area (Å²) in [5.74, 6) is -0.00532. The van der Waals surface area contributed by atoms with Crippen LogP contribution in [0.3, 0.4) is 0 Å². The fourth-order valence-electron chi connectivity index (χ4n) is 1.79. The monoisotopic (exact) mass is 247 g/mol. The number of carbonyl (C=O) groups excluding carboxylic acids is 1. The molecule has 0 unspecified atom stereocenters. The van der Waals surface area contributed by atoms with Crippen molar-refractivity contribution in [2.75, 3.05) is 20.3 Å². The van der Waals surface area contributed by atoms with Crippen molar-refractivity contribution in [3.63, 3.8) is 0 Å². The van der Waals surface area contributed by atoms with Crippen molar-refractivity contribution in [2.24, 2.45) is 0 Å². The van der Waals surface area contributed by atoms with Gasteiger partial charge in [0.2, 0.25) is 5.91 Å². The van der Waals surface area contributed by atoms with Crippen LogP contribution >= 0.6 is 0 Å². The zero-order valence-electron chi connectivity index (χ0n) is 10.4. The molecule has 1 heterocycles. The number of hydrogen-bond donors (Lipinski definition) is 1. The van der Waals surface area contributed by atoms with E-state index in [1.807, 2.05) is 28.8 Å². The van der Waals surface area contributed by atoms with Crippen LogP contribution in [-0.4, -0.2) is 35.7 Å². The maximum atomic E-state index is 11.7. The summed E-state index contributed by atoms with van der Waals surface area (Å²) in [4.78, 5) is 16.0. The first-order valence-corrected chi connectivity index (χ1v) is 5.97. The molecule has 0 radical (unpaired) electrons. The summed E-state index contributed by atoms with van der Waals surface area (Å²) < 4.78 is 6.77. The molecule has 18 heavy (non-hydrogen) atoms. The molecule has 96 valence electrons. The molecule has 1 aromatic heterocycles. The Kier molecular flexibility index (Phi) is 4.30. The number of para-hydroxylation sites is 2. The van der Waals surface area contributed by atoms with Gasteiger partial charge < -0.3 is 14.6 Å². The highest BCUT2D eigenvalue weighted by molar-refractivity contribution is 5.80. The number of hydrogen-bond acceptors (Lipinski definition) is 3. The van der Waals surface area contributed by atoms with Crippen molar-refractivity contribution < 1.29 is 9.53 Å². The van der Waals surface area contributed by atoms with Gasteiger partial charge in [-0.2, -0.15) is 0 Å². The van der Waals surface area contributed by atoms with Crippen LogP contribution in [0.4, 0.5) is 0 Å². The highest BCUT2D eigenvalue weighted by atomic mass is 16.5. The van der Waals surface area contributed by atoms with Crippen molar-refractivity contribution >= 4 is 16.9 Å². The van der Waals surface area contributed by atoms with E-state index in [0.29, 0.717) is 19.7 Å². The van der Waals surface area contributed by atoms with Crippen LogP contribution in [0, 0.1) is 0 Å². The SMILES string of the molecule is COCCCNC(=O)Cn1cnc2ccccc21. The van der Waals surface area contributed by atoms with Crippen LogP contribution in [0.1, 0.15) is 6.42 Å². The molecule has 1 aromatic carbocycles. The lowest BCUT2D eigenvalue weighted by molar-refractivity contribution is -0.121. The molecule has 0 saturated carbocycles. The van der Waals surface area contributed by atoms with E-state index >= 15 is 0 Å². The summed E-state index contributed by atoms with van der Waals surface area (Å²) in [5.41, 5.74) is 1.88. The summed E-state index contributed by atoms with van der Waals surface area (Å²) in [5, 5.41) is 2.85. The maximum Gasteiger partial charge on any atom is 0.239 e. The number of imidazole rings is 1. The number of nitrogens with one attached hydrogen (secondary N) is 1. The molecule has 0 bridgehead atoms. The Bertz CT molecular complexity index is 522. The predicted molar refractivity (Wildman–Crippen MR) is 69.2 cm³/mol. The Labute approximate surface area is 106 Å². The van der Waals surface area contributed by atoms with Crippen molar-refractivity contribution in [3.8, 4) is 0 Å². The molecule has 0 fully saturated rings. The first-order chi connectivity index (χ1) is 8.81. The quantitative estimate of drug-likeness (QED) is 0.780. The van der Waals surface area contributed by atoms with Gasteiger partial charge in [-0.1, -0.05) is 12.1 Å². The normalized spacial score (nSPS) is 10.7. The Morgan fingerprint density at radius 3 is 3.11 bits per heavy atom. The summed E-state index contributed by atoms with van der Waals surface area (Å²) >= 11 is 0. The number of aromatic nitrogens is 2. The van der Waals surface area contributed by atoms with Gasteiger partial charge in [0.05, 0.1) is 17.4 Å². The lowest BCUT2D eigenvalue weighted by Crippen LogP contribution is -2.28. The van der Waals surface area contributed by atoms with Crippen LogP contribution in [0.5, 0.6) is 0 Å². The van der Waals surface area contributed by atoms with E-state index in [-0.39, 0.29) is 5.91 Å². The third-order valence-corrected chi connectivity index (χ3v) is 2.69. The molecule has 5 heteroatoms. The van der Waals surface area contributed by atoms with E-state index in [2.05, 4.69) is 10.3 Å². The number of amides is 1. The Balaban J connectivity index is 1.91. The lowest BCUT2D eigenvalue weighted by atomic mass is 10.3. The maximum absolute atomic E-state index is 11.7. The second-order valence-electron chi connectivity index (χ2n) is 4.06. The van der Waals surface area contributed by atoms with Crippen molar-refractivity contribution in [1.29, 1.82) is 0 Å². The highest BCUT2D eigenvalue weighted by Crippen LogP contribution is 2.11. The molecule has 5 nitrogen and oxygen atoms in total. The molecule has 0 aliphatic carbocycles. The number of benzene rings is 1. The van der Waals surface area contributed by atoms with Crippen molar-refractivity contribution in [2.45, 2.75) is 13.0 Å². The third-order valence-electron chi connectivity index (χ3n) is 2.69. The first kappa shape index (κ1) is 12.6. The molecule has 1 amide bonds. The minimum absolute atomic E-state index is 0.00532. The topological polar surface area (TPSA) is 56.1 Å². The summed E-state index contributed by atoms with van der Waals surface area (Å²) in [6.45, 7) is 1.60. The number of nitrogens with zero attached hydrogens (tertiary/aromatic N) is 2. The van der Waals surface area contributed by atoms with E-state index < -0.39 is 0 Å². The van der Waals surface area contributed by atoms with E-state index in [1.165, 1.54) is 0 Å². The van der Waals surface area contributed by atoms with Gasteiger partial charge in [0.1, 0.15) is 6.54 Å². The Morgan fingerprint density at radius 2 is 2.28 bits per heavy atom. The Hall–Kier alpha value is -1.88. The van der Waals surface area contributed by atoms with Crippen LogP contribution in [0.15, 0.2) is 30.6 Å². The number of fused-ring (bicyclic) bond motifs is 1. The van der Waals surface area contributed by atoms with E-state index in [0.717, 1.165) is 17.5 Å². The van der Waals surface area contributed by atoms with E-state index in [9.17, 15) is 4.79 Å². The van der Waals surface area contributed by atoms with Crippen LogP contribution < -0.4 is 5.32 Å². The van der Waals surface area contributed by atoms with Gasteiger partial charge >= 0.3 is 0 Å². The molecular formula is C13H17N3O2. The fraction of sp³-hybridized carbons (Fsp3) is 0.385. The van der Waals surface area contributed by atoms with E-state index in [1.54, 1.807) is 13.4 Å². The fourth-order valence-corrected chi connectivity index (χ4v) is 1.79. The molecule has 2 rings (SSSR count). The second-order valence-corrected chi connectivity index (χ2v) is 4.06. The molecule has 0 atom stereocenters. The van der Waals surface area contributed by atoms with Crippen molar-refractivity contribution in [1.82, 2.24) is 14.9 Å². The third kappa shape index (κ3) is 3.07. The zero-order valence-corrected chi connectivity index (χ0v) is 10.4. The summed E-state index contributed by atoms with van der Waals surface area (Å²) in [6.07, 6.45) is 2.52. The predicted octanol–water partition coefficient (Wildman–Crippen LogP) is 1.19. The average Bonchev–Trinajstić information content (AvgIpc) is 2.78. The lowest BCUT2D eigenvalue weighted by Gasteiger charge is -2.06. The standard InChI is InChI=1S/C13H17N3O2/c1-18-8-4-7-14-13(17)9-16-10-15-11-5-2-3-6-12(11)16/h2-3,5-6,10H,4,7-9H2,1H3,(H,14,17). The largest absolute Gasteiger partial charge is 0.385 e. The van der Waals surface area contributed by atoms with Gasteiger partial charge in [-0.05, 0) is 18.6 Å². The summed E-state index contributed by atoms with van der Waals surface area (Å²) in [6, 6.07) is 7.77. The van der Waals surface area contributed by atoms with Crippen LogP contribution in [0.2, 0.25) is 0 Å². The molecule has 2 aromatic rings.